The van der Waals surface area contributed by atoms with Crippen LogP contribution in [-0.4, -0.2) is 48.1 Å². The topological polar surface area (TPSA) is 116 Å². The summed E-state index contributed by atoms with van der Waals surface area (Å²) in [5, 5.41) is 12.6. The lowest BCUT2D eigenvalue weighted by molar-refractivity contribution is -0.140. The standard InChI is InChI=1S/C10H14N2O6S/c1-12-8(7(5-11-12)10(14)15)6-19(16,17)4-3-9(13)18-2/h5H,3-4,6H2,1-2H3,(H,14,15). The van der Waals surface area contributed by atoms with Gasteiger partial charge in [-0.25, -0.2) is 13.2 Å². The van der Waals surface area contributed by atoms with Gasteiger partial charge < -0.3 is 9.84 Å². The quantitative estimate of drug-likeness (QED) is 0.708. The molecule has 19 heavy (non-hydrogen) atoms. The monoisotopic (exact) mass is 290 g/mol. The van der Waals surface area contributed by atoms with Crippen LogP contribution in [0.25, 0.3) is 0 Å². The van der Waals surface area contributed by atoms with Crippen molar-refractivity contribution in [3.8, 4) is 0 Å². The van der Waals surface area contributed by atoms with Crippen molar-refractivity contribution in [3.05, 3.63) is 17.5 Å². The highest BCUT2D eigenvalue weighted by atomic mass is 32.2. The van der Waals surface area contributed by atoms with E-state index in [1.807, 2.05) is 0 Å². The van der Waals surface area contributed by atoms with Crippen molar-refractivity contribution in [2.24, 2.45) is 7.05 Å². The molecule has 0 aromatic carbocycles. The molecule has 0 fully saturated rings. The van der Waals surface area contributed by atoms with Gasteiger partial charge in [-0.05, 0) is 0 Å². The number of esters is 1. The van der Waals surface area contributed by atoms with E-state index < -0.39 is 33.3 Å². The number of aromatic nitrogens is 2. The highest BCUT2D eigenvalue weighted by molar-refractivity contribution is 7.90. The predicted octanol–water partition coefficient (Wildman–Crippen LogP) is -0.404. The van der Waals surface area contributed by atoms with Crippen LogP contribution in [0.4, 0.5) is 0 Å². The van der Waals surface area contributed by atoms with Gasteiger partial charge in [-0.2, -0.15) is 5.10 Å². The summed E-state index contributed by atoms with van der Waals surface area (Å²) in [5.74, 6) is -2.76. The summed E-state index contributed by atoms with van der Waals surface area (Å²) in [7, 11) is -0.992. The molecule has 0 bridgehead atoms. The van der Waals surface area contributed by atoms with E-state index in [4.69, 9.17) is 5.11 Å². The first kappa shape index (κ1) is 15.2. The number of carbonyl (C=O) groups excluding carboxylic acids is 1. The Hall–Kier alpha value is -1.90. The minimum Gasteiger partial charge on any atom is -0.478 e. The van der Waals surface area contributed by atoms with Crippen LogP contribution < -0.4 is 0 Å². The van der Waals surface area contributed by atoms with Gasteiger partial charge in [0.25, 0.3) is 0 Å². The number of hydrogen-bond donors (Lipinski definition) is 1. The molecule has 0 aliphatic rings. The van der Waals surface area contributed by atoms with Crippen LogP contribution in [0.2, 0.25) is 0 Å². The van der Waals surface area contributed by atoms with Crippen LogP contribution in [0, 0.1) is 0 Å². The molecular weight excluding hydrogens is 276 g/mol. The zero-order chi connectivity index (χ0) is 14.6. The predicted molar refractivity (Wildman–Crippen MR) is 64.3 cm³/mol. The lowest BCUT2D eigenvalue weighted by atomic mass is 10.3. The molecule has 0 aliphatic heterocycles. The Balaban J connectivity index is 2.87. The number of rotatable bonds is 6. The summed E-state index contributed by atoms with van der Waals surface area (Å²) in [5.41, 5.74) is -0.0819. The van der Waals surface area contributed by atoms with Crippen molar-refractivity contribution in [3.63, 3.8) is 0 Å². The van der Waals surface area contributed by atoms with Gasteiger partial charge in [-0.15, -0.1) is 0 Å². The van der Waals surface area contributed by atoms with E-state index in [0.29, 0.717) is 0 Å². The summed E-state index contributed by atoms with van der Waals surface area (Å²) in [4.78, 5) is 21.8. The van der Waals surface area contributed by atoms with E-state index in [2.05, 4.69) is 9.84 Å². The third-order valence-corrected chi connectivity index (χ3v) is 4.03. The molecule has 1 heterocycles. The summed E-state index contributed by atoms with van der Waals surface area (Å²) in [6.07, 6.45) is 0.826. The first-order chi connectivity index (χ1) is 8.76. The Morgan fingerprint density at radius 2 is 2.11 bits per heavy atom. The van der Waals surface area contributed by atoms with Gasteiger partial charge in [0.2, 0.25) is 0 Å². The maximum atomic E-state index is 11.8. The minimum absolute atomic E-state index is 0.0809. The van der Waals surface area contributed by atoms with Crippen LogP contribution in [0.3, 0.4) is 0 Å². The molecule has 0 unspecified atom stereocenters. The highest BCUT2D eigenvalue weighted by Gasteiger charge is 2.22. The van der Waals surface area contributed by atoms with E-state index in [0.717, 1.165) is 6.20 Å². The number of hydrogen-bond acceptors (Lipinski definition) is 6. The van der Waals surface area contributed by atoms with E-state index in [1.165, 1.54) is 18.8 Å². The Morgan fingerprint density at radius 1 is 1.47 bits per heavy atom. The maximum Gasteiger partial charge on any atom is 0.339 e. The first-order valence-corrected chi connectivity index (χ1v) is 7.10. The fourth-order valence-corrected chi connectivity index (χ4v) is 2.82. The van der Waals surface area contributed by atoms with Gasteiger partial charge in [0.15, 0.2) is 9.84 Å². The summed E-state index contributed by atoms with van der Waals surface area (Å²) >= 11 is 0. The number of carboxylic acid groups (broad SMARTS) is 1. The molecule has 0 aliphatic carbocycles. The van der Waals surface area contributed by atoms with Crippen LogP contribution >= 0.6 is 0 Å². The number of carboxylic acids is 1. The average Bonchev–Trinajstić information content (AvgIpc) is 2.67. The molecule has 0 radical (unpaired) electrons. The van der Waals surface area contributed by atoms with Gasteiger partial charge in [0, 0.05) is 7.05 Å². The average molecular weight is 290 g/mol. The van der Waals surface area contributed by atoms with Gasteiger partial charge >= 0.3 is 11.9 Å². The number of sulfone groups is 1. The molecule has 0 spiro atoms. The number of aromatic carboxylic acids is 1. The largest absolute Gasteiger partial charge is 0.478 e. The summed E-state index contributed by atoms with van der Waals surface area (Å²) in [6, 6.07) is 0. The van der Waals surface area contributed by atoms with Crippen molar-refractivity contribution in [2.75, 3.05) is 12.9 Å². The number of aryl methyl sites for hydroxylation is 1. The number of nitrogens with zero attached hydrogens (tertiary/aromatic N) is 2. The van der Waals surface area contributed by atoms with Gasteiger partial charge in [-0.3, -0.25) is 9.48 Å². The minimum atomic E-state index is -3.61. The summed E-state index contributed by atoms with van der Waals surface area (Å²) in [6.45, 7) is 0. The second-order valence-electron chi connectivity index (χ2n) is 3.85. The van der Waals surface area contributed by atoms with Crippen LogP contribution in [-0.2, 0) is 32.2 Å². The number of carbonyl (C=O) groups is 2. The molecule has 1 N–H and O–H groups in total. The molecule has 1 aromatic heterocycles. The zero-order valence-electron chi connectivity index (χ0n) is 10.5. The molecule has 0 amide bonds. The Kier molecular flexibility index (Phi) is 4.65. The molecule has 8 nitrogen and oxygen atoms in total. The van der Waals surface area contributed by atoms with Crippen molar-refractivity contribution >= 4 is 21.8 Å². The molecule has 1 rings (SSSR count). The highest BCUT2D eigenvalue weighted by Crippen LogP contribution is 2.13. The fourth-order valence-electron chi connectivity index (χ4n) is 1.43. The number of methoxy groups -OCH3 is 1. The van der Waals surface area contributed by atoms with E-state index in [1.54, 1.807) is 0 Å². The van der Waals surface area contributed by atoms with Crippen molar-refractivity contribution in [1.82, 2.24) is 9.78 Å². The Morgan fingerprint density at radius 3 is 2.63 bits per heavy atom. The van der Waals surface area contributed by atoms with E-state index in [9.17, 15) is 18.0 Å². The fraction of sp³-hybridized carbons (Fsp3) is 0.500. The summed E-state index contributed by atoms with van der Waals surface area (Å²) < 4.78 is 29.2. The van der Waals surface area contributed by atoms with Crippen molar-refractivity contribution in [2.45, 2.75) is 12.2 Å². The smallest absolute Gasteiger partial charge is 0.339 e. The van der Waals surface area contributed by atoms with E-state index >= 15 is 0 Å². The normalized spacial score (nSPS) is 11.3. The van der Waals surface area contributed by atoms with Crippen LogP contribution in [0.15, 0.2) is 6.20 Å². The van der Waals surface area contributed by atoms with Crippen LogP contribution in [0.5, 0.6) is 0 Å². The SMILES string of the molecule is COC(=O)CCS(=O)(=O)Cc1c(C(=O)O)cnn1C. The maximum absolute atomic E-state index is 11.8. The van der Waals surface area contributed by atoms with Crippen molar-refractivity contribution in [1.29, 1.82) is 0 Å². The molecule has 0 saturated heterocycles. The molecule has 106 valence electrons. The third-order valence-electron chi connectivity index (χ3n) is 2.49. The lowest BCUT2D eigenvalue weighted by Crippen LogP contribution is -2.17. The van der Waals surface area contributed by atoms with Gasteiger partial charge in [0.05, 0.1) is 36.9 Å². The lowest BCUT2D eigenvalue weighted by Gasteiger charge is -2.05. The van der Waals surface area contributed by atoms with Gasteiger partial charge in [0.1, 0.15) is 5.56 Å². The second kappa shape index (κ2) is 5.83. The Labute approximate surface area is 109 Å². The molecule has 9 heteroatoms. The van der Waals surface area contributed by atoms with Crippen LogP contribution in [0.1, 0.15) is 22.5 Å². The molecular formula is C10H14N2O6S. The molecule has 1 aromatic rings. The number of ether oxygens (including phenoxy) is 1. The van der Waals surface area contributed by atoms with E-state index in [-0.39, 0.29) is 17.7 Å². The first-order valence-electron chi connectivity index (χ1n) is 5.28. The van der Waals surface area contributed by atoms with Gasteiger partial charge in [-0.1, -0.05) is 0 Å². The third kappa shape index (κ3) is 4.05. The Bertz CT molecular complexity index is 589. The second-order valence-corrected chi connectivity index (χ2v) is 6.04. The zero-order valence-corrected chi connectivity index (χ0v) is 11.3. The van der Waals surface area contributed by atoms with Crippen molar-refractivity contribution < 1.29 is 27.9 Å². The molecule has 0 saturated carbocycles. The molecule has 0 atom stereocenters.